The average Bonchev–Trinajstić information content (AvgIpc) is 1.76. The van der Waals surface area contributed by atoms with Gasteiger partial charge in [0, 0.05) is 62.9 Å². The van der Waals surface area contributed by atoms with Gasteiger partial charge < -0.3 is 60.5 Å². The summed E-state index contributed by atoms with van der Waals surface area (Å²) in [6.45, 7) is 9.69. The summed E-state index contributed by atoms with van der Waals surface area (Å²) in [5.74, 6) is -9.22. The number of benzene rings is 1. The number of nitrogens with zero attached hydrogens (tertiary/aromatic N) is 8. The van der Waals surface area contributed by atoms with Crippen LogP contribution in [-0.4, -0.2) is 239 Å². The van der Waals surface area contributed by atoms with Crippen LogP contribution < -0.4 is 21.3 Å². The molecular formula is C69H106ClF3N12O12. The van der Waals surface area contributed by atoms with Gasteiger partial charge in [-0.25, -0.2) is 0 Å². The second kappa shape index (κ2) is 34.1. The van der Waals surface area contributed by atoms with Crippen LogP contribution in [-0.2, 0) is 70.1 Å². The number of alkyl halides is 3. The molecule has 12 amide bonds. The molecule has 97 heavy (non-hydrogen) atoms. The van der Waals surface area contributed by atoms with Crippen molar-refractivity contribution in [1.82, 2.24) is 60.5 Å². The van der Waals surface area contributed by atoms with E-state index in [0.29, 0.717) is 32.1 Å². The molecule has 1 aromatic rings. The van der Waals surface area contributed by atoms with Gasteiger partial charge in [0.2, 0.25) is 70.9 Å². The minimum absolute atomic E-state index is 0.0185. The van der Waals surface area contributed by atoms with Gasteiger partial charge in [-0.15, -0.1) is 0 Å². The summed E-state index contributed by atoms with van der Waals surface area (Å²) in [6, 6.07) is -8.17. The number of likely N-dealkylation sites (N-methyl/N-ethyl adjacent to an activating group) is 7. The molecule has 1 aromatic carbocycles. The van der Waals surface area contributed by atoms with Gasteiger partial charge in [0.1, 0.15) is 59.9 Å². The Morgan fingerprint density at radius 1 is 0.691 bits per heavy atom. The first-order valence-electron chi connectivity index (χ1n) is 34.6. The van der Waals surface area contributed by atoms with Gasteiger partial charge in [-0.05, 0) is 113 Å². The third-order valence-electron chi connectivity index (χ3n) is 21.1. The molecule has 3 aliphatic carbocycles. The zero-order valence-corrected chi connectivity index (χ0v) is 60.0. The quantitative estimate of drug-likeness (QED) is 0.224. The summed E-state index contributed by atoms with van der Waals surface area (Å²) in [6.07, 6.45) is 3.39. The summed E-state index contributed by atoms with van der Waals surface area (Å²) in [4.78, 5) is 187. The number of hydrogen-bond donors (Lipinski definition) is 4. The molecule has 5 aliphatic rings. The van der Waals surface area contributed by atoms with Gasteiger partial charge in [0.15, 0.2) is 0 Å². The summed E-state index contributed by atoms with van der Waals surface area (Å²) < 4.78 is 41.3. The van der Waals surface area contributed by atoms with Crippen molar-refractivity contribution in [1.29, 1.82) is 0 Å². The standard InChI is InChI=1S/C69H106ClF3N12O12/c1-15-41(4)56-65(95)80(10)43(6)61(91)85-34-31-50(85)64(94)82(12)52(37-44-23-17-16-18-24-44)63(93)79(9)39-54(86)75-49(30-28-45-27-29-47(48(70)36-45)69(71,72)73)59(89)74-42(5)58(88)77-68(32-21-22-33-68)67(97)84(14)57(46-25-19-20-26-46)66(96)83(13)53(62(92)78(7)8)38-55(87)81(11)51(35-40(2)3)60(90)76-56/h27,29,36,40-44,46,49-53,56-57H,15-26,28,30-35,37-39H2,1-14H3,(H,74,89)(H,75,86)(H,76,90)(H,77,88)/t41-,42+,43-,49-,50-,51-,52-,53-,56-,57-/m0/s1. The smallest absolute Gasteiger partial charge is 0.347 e. The van der Waals surface area contributed by atoms with Crippen molar-refractivity contribution < 1.29 is 70.7 Å². The molecule has 6 rings (SSSR count). The van der Waals surface area contributed by atoms with E-state index in [1.54, 1.807) is 6.92 Å². The molecule has 2 saturated heterocycles. The molecule has 10 atom stereocenters. The Balaban J connectivity index is 1.41. The van der Waals surface area contributed by atoms with Crippen molar-refractivity contribution in [2.75, 3.05) is 69.5 Å². The highest BCUT2D eigenvalue weighted by Crippen LogP contribution is 2.38. The average molecular weight is 1390 g/mol. The van der Waals surface area contributed by atoms with Crippen molar-refractivity contribution in [3.8, 4) is 0 Å². The number of halogens is 4. The van der Waals surface area contributed by atoms with E-state index >= 15 is 9.59 Å². The van der Waals surface area contributed by atoms with E-state index in [1.165, 1.54) is 111 Å². The van der Waals surface area contributed by atoms with Crippen molar-refractivity contribution in [2.24, 2.45) is 23.7 Å². The lowest BCUT2D eigenvalue weighted by Gasteiger charge is -2.45. The lowest BCUT2D eigenvalue weighted by molar-refractivity contribution is -0.160. The van der Waals surface area contributed by atoms with E-state index < -0.39 is 172 Å². The summed E-state index contributed by atoms with van der Waals surface area (Å²) >= 11 is 6.10. The SMILES string of the molecule is CC[C@H](C)[C@@H]1NC(=O)[C@H](CC(C)C)N(C)C(=O)C[C@@H](C(=O)N(C)C)N(C)C(=O)[C@H](C2CCCC2)N(C)C(=O)C2(CCCC2)NC(=O)[C@@H](C)NC(=O)[C@H](CCc2ccc(C(F)(F)F)c(Cl)c2)NC(=O)CN(C)C(=O)[C@H](CC2CCCCC2)N(C)C(=O)[C@@H]2CCN2C(=O)[C@H](C)N(C)C1=O. The maximum Gasteiger partial charge on any atom is 0.417 e. The predicted molar refractivity (Wildman–Crippen MR) is 357 cm³/mol. The lowest BCUT2D eigenvalue weighted by atomic mass is 9.84. The van der Waals surface area contributed by atoms with Gasteiger partial charge in [-0.2, -0.15) is 13.2 Å². The molecule has 24 nitrogen and oxygen atoms in total. The van der Waals surface area contributed by atoms with E-state index in [2.05, 4.69) is 21.3 Å². The molecule has 28 heteroatoms. The van der Waals surface area contributed by atoms with E-state index in [4.69, 9.17) is 11.6 Å². The number of carbonyl (C=O) groups excluding carboxylic acids is 12. The van der Waals surface area contributed by atoms with Crippen molar-refractivity contribution >= 4 is 82.5 Å². The Bertz CT molecular complexity index is 3050. The monoisotopic (exact) mass is 1390 g/mol. The third kappa shape index (κ3) is 19.2. The Morgan fingerprint density at radius 3 is 1.87 bits per heavy atom. The van der Waals surface area contributed by atoms with Crippen molar-refractivity contribution in [3.63, 3.8) is 0 Å². The van der Waals surface area contributed by atoms with Gasteiger partial charge in [0.05, 0.1) is 23.6 Å². The van der Waals surface area contributed by atoms with Crippen LogP contribution in [0.4, 0.5) is 13.2 Å². The fraction of sp³-hybridized carbons (Fsp3) is 0.739. The highest BCUT2D eigenvalue weighted by molar-refractivity contribution is 6.31. The van der Waals surface area contributed by atoms with Gasteiger partial charge in [0.25, 0.3) is 0 Å². The molecule has 2 heterocycles. The Morgan fingerprint density at radius 2 is 1.31 bits per heavy atom. The summed E-state index contributed by atoms with van der Waals surface area (Å²) in [5, 5.41) is 10.5. The molecular weight excluding hydrogens is 1280 g/mol. The minimum atomic E-state index is -4.76. The number of aryl methyl sites for hydroxylation is 1. The predicted octanol–water partition coefficient (Wildman–Crippen LogP) is 5.15. The fourth-order valence-electron chi connectivity index (χ4n) is 14.5. The number of hydrogen-bond acceptors (Lipinski definition) is 12. The van der Waals surface area contributed by atoms with Crippen LogP contribution in [0.1, 0.15) is 175 Å². The lowest BCUT2D eigenvalue weighted by Crippen LogP contribution is -2.65. The Kier molecular flexibility index (Phi) is 27.8. The Labute approximate surface area is 574 Å². The molecule has 0 bridgehead atoms. The van der Waals surface area contributed by atoms with Crippen molar-refractivity contribution in [3.05, 3.63) is 34.3 Å². The molecule has 2 aliphatic heterocycles. The number of nitrogens with one attached hydrogen (secondary N) is 4. The molecule has 4 N–H and O–H groups in total. The minimum Gasteiger partial charge on any atom is -0.347 e. The first-order chi connectivity index (χ1) is 45.5. The molecule has 0 unspecified atom stereocenters. The molecule has 1 spiro atoms. The highest BCUT2D eigenvalue weighted by Gasteiger charge is 2.51. The van der Waals surface area contributed by atoms with E-state index in [-0.39, 0.29) is 68.9 Å². The maximum absolute atomic E-state index is 15.4. The number of rotatable bonds is 11. The zero-order chi connectivity index (χ0) is 72.3. The van der Waals surface area contributed by atoms with Crippen LogP contribution >= 0.6 is 11.6 Å². The third-order valence-corrected chi connectivity index (χ3v) is 21.4. The molecule has 542 valence electrons. The molecule has 0 aromatic heterocycles. The highest BCUT2D eigenvalue weighted by atomic mass is 35.5. The van der Waals surface area contributed by atoms with Crippen LogP contribution in [0, 0.1) is 23.7 Å². The van der Waals surface area contributed by atoms with Gasteiger partial charge in [-0.1, -0.05) is 110 Å². The topological polar surface area (TPSA) is 279 Å². The number of fused-ring (bicyclic) bond motifs is 1. The second-order valence-corrected chi connectivity index (χ2v) is 29.1. The molecule has 3 saturated carbocycles. The molecule has 5 fully saturated rings. The van der Waals surface area contributed by atoms with Crippen LogP contribution in [0.2, 0.25) is 5.02 Å². The first-order valence-corrected chi connectivity index (χ1v) is 35.0. The first kappa shape index (κ1) is 78.9. The Hall–Kier alpha value is -7.06. The van der Waals surface area contributed by atoms with Crippen LogP contribution in [0.15, 0.2) is 18.2 Å². The van der Waals surface area contributed by atoms with Gasteiger partial charge in [-0.3, -0.25) is 57.5 Å². The molecule has 0 radical (unpaired) electrons. The van der Waals surface area contributed by atoms with Crippen LogP contribution in [0.5, 0.6) is 0 Å². The normalized spacial score (nSPS) is 27.6. The summed E-state index contributed by atoms with van der Waals surface area (Å²) in [7, 11) is 11.5. The van der Waals surface area contributed by atoms with Crippen LogP contribution in [0.25, 0.3) is 0 Å². The summed E-state index contributed by atoms with van der Waals surface area (Å²) in [5.41, 5.74) is -2.40. The number of amides is 12. The maximum atomic E-state index is 15.4. The second-order valence-electron chi connectivity index (χ2n) is 28.7. The van der Waals surface area contributed by atoms with E-state index in [1.807, 2.05) is 20.8 Å². The van der Waals surface area contributed by atoms with Crippen LogP contribution in [0.3, 0.4) is 0 Å². The largest absolute Gasteiger partial charge is 0.417 e. The van der Waals surface area contributed by atoms with Gasteiger partial charge >= 0.3 is 6.18 Å². The van der Waals surface area contributed by atoms with E-state index in [0.717, 1.165) is 62.0 Å². The van der Waals surface area contributed by atoms with E-state index in [9.17, 15) is 61.1 Å². The van der Waals surface area contributed by atoms with Crippen molar-refractivity contribution in [2.45, 2.75) is 236 Å². The zero-order valence-electron chi connectivity index (χ0n) is 59.3. The number of carbonyl (C=O) groups is 12. The fourth-order valence-corrected chi connectivity index (χ4v) is 14.8.